The fraction of sp³-hybridized carbons (Fsp3) is 0.438. The van der Waals surface area contributed by atoms with Gasteiger partial charge in [-0.1, -0.05) is 0 Å². The summed E-state index contributed by atoms with van der Waals surface area (Å²) in [6.07, 6.45) is 4.50. The van der Waals surface area contributed by atoms with Crippen molar-refractivity contribution in [3.8, 4) is 0 Å². The van der Waals surface area contributed by atoms with Crippen molar-refractivity contribution in [3.63, 3.8) is 0 Å². The van der Waals surface area contributed by atoms with Gasteiger partial charge in [-0.25, -0.2) is 4.79 Å². The van der Waals surface area contributed by atoms with Crippen LogP contribution >= 0.6 is 11.3 Å². The molecule has 0 unspecified atom stereocenters. The number of nitrogens with zero attached hydrogens (tertiary/aromatic N) is 1. The number of rotatable bonds is 4. The van der Waals surface area contributed by atoms with E-state index in [2.05, 4.69) is 22.1 Å². The molecule has 0 saturated carbocycles. The zero-order valence-corrected chi connectivity index (χ0v) is 12.9. The van der Waals surface area contributed by atoms with E-state index in [1.165, 1.54) is 5.56 Å². The van der Waals surface area contributed by atoms with Crippen molar-refractivity contribution in [2.75, 3.05) is 6.54 Å². The summed E-state index contributed by atoms with van der Waals surface area (Å²) in [4.78, 5) is 14.4. The normalized spacial score (nSPS) is 19.7. The van der Waals surface area contributed by atoms with Crippen LogP contribution in [-0.4, -0.2) is 23.5 Å². The molecule has 1 fully saturated rings. The molecule has 5 heteroatoms. The van der Waals surface area contributed by atoms with E-state index < -0.39 is 0 Å². The van der Waals surface area contributed by atoms with Crippen LogP contribution in [0.15, 0.2) is 39.6 Å². The van der Waals surface area contributed by atoms with Crippen LogP contribution in [0.1, 0.15) is 37.1 Å². The molecule has 0 spiro atoms. The van der Waals surface area contributed by atoms with Crippen molar-refractivity contribution in [2.45, 2.75) is 38.3 Å². The molecule has 2 amide bonds. The summed E-state index contributed by atoms with van der Waals surface area (Å²) in [6.45, 7) is 2.84. The monoisotopic (exact) mass is 304 g/mol. The molecule has 0 bridgehead atoms. The molecule has 0 aliphatic carbocycles. The molecule has 3 rings (SSSR count). The molecule has 4 nitrogen and oxygen atoms in total. The van der Waals surface area contributed by atoms with Gasteiger partial charge in [-0.05, 0) is 54.3 Å². The van der Waals surface area contributed by atoms with Crippen LogP contribution in [0.5, 0.6) is 0 Å². The average Bonchev–Trinajstić information content (AvgIpc) is 3.20. The molecule has 0 aromatic carbocycles. The van der Waals surface area contributed by atoms with E-state index in [1.54, 1.807) is 17.6 Å². The van der Waals surface area contributed by atoms with Gasteiger partial charge in [0.25, 0.3) is 0 Å². The fourth-order valence-electron chi connectivity index (χ4n) is 2.90. The van der Waals surface area contributed by atoms with Gasteiger partial charge in [0.1, 0.15) is 5.76 Å². The number of hydrogen-bond donors (Lipinski definition) is 1. The summed E-state index contributed by atoms with van der Waals surface area (Å²) < 4.78 is 5.33. The van der Waals surface area contributed by atoms with Crippen LogP contribution in [0, 0.1) is 0 Å². The van der Waals surface area contributed by atoms with E-state index in [0.717, 1.165) is 31.6 Å². The number of furan rings is 1. The summed E-state index contributed by atoms with van der Waals surface area (Å²) in [6, 6.07) is 6.25. The first-order valence-corrected chi connectivity index (χ1v) is 8.30. The molecule has 112 valence electrons. The Kier molecular flexibility index (Phi) is 4.29. The topological polar surface area (TPSA) is 45.5 Å². The zero-order valence-electron chi connectivity index (χ0n) is 12.1. The molecule has 3 heterocycles. The third-order valence-corrected chi connectivity index (χ3v) is 4.60. The fourth-order valence-corrected chi connectivity index (χ4v) is 3.60. The Morgan fingerprint density at radius 3 is 3.19 bits per heavy atom. The molecule has 1 saturated heterocycles. The lowest BCUT2D eigenvalue weighted by Gasteiger charge is -2.26. The first kappa shape index (κ1) is 14.2. The molecule has 2 atom stereocenters. The number of carbonyl (C=O) groups is 1. The van der Waals surface area contributed by atoms with E-state index in [0.29, 0.717) is 0 Å². The minimum atomic E-state index is 0.0303. The maximum absolute atomic E-state index is 12.5. The Morgan fingerprint density at radius 1 is 1.57 bits per heavy atom. The summed E-state index contributed by atoms with van der Waals surface area (Å²) in [7, 11) is 0. The first-order valence-electron chi connectivity index (χ1n) is 7.35. The zero-order chi connectivity index (χ0) is 14.7. The second-order valence-corrected chi connectivity index (χ2v) is 6.32. The quantitative estimate of drug-likeness (QED) is 0.933. The smallest absolute Gasteiger partial charge is 0.318 e. The standard InChI is InChI=1S/C16H20N2O2S/c1-12(10-14-4-3-8-20-14)17-16(19)18-7-2-5-15(18)13-6-9-21-11-13/h3-4,6,8-9,11-12,15H,2,5,7,10H2,1H3,(H,17,19)/t12-,15+/m0/s1. The summed E-state index contributed by atoms with van der Waals surface area (Å²) in [5.41, 5.74) is 1.26. The van der Waals surface area contributed by atoms with Crippen molar-refractivity contribution in [3.05, 3.63) is 46.5 Å². The number of hydrogen-bond acceptors (Lipinski definition) is 3. The second-order valence-electron chi connectivity index (χ2n) is 5.54. The lowest BCUT2D eigenvalue weighted by atomic mass is 10.1. The highest BCUT2D eigenvalue weighted by atomic mass is 32.1. The minimum absolute atomic E-state index is 0.0303. The predicted molar refractivity (Wildman–Crippen MR) is 83.4 cm³/mol. The number of likely N-dealkylation sites (tertiary alicyclic amines) is 1. The first-order chi connectivity index (χ1) is 10.2. The highest BCUT2D eigenvalue weighted by Gasteiger charge is 2.30. The lowest BCUT2D eigenvalue weighted by Crippen LogP contribution is -2.44. The lowest BCUT2D eigenvalue weighted by molar-refractivity contribution is 0.189. The van der Waals surface area contributed by atoms with Gasteiger partial charge in [-0.15, -0.1) is 0 Å². The van der Waals surface area contributed by atoms with Crippen molar-refractivity contribution in [1.29, 1.82) is 0 Å². The van der Waals surface area contributed by atoms with Crippen molar-refractivity contribution in [1.82, 2.24) is 10.2 Å². The molecule has 1 aliphatic heterocycles. The van der Waals surface area contributed by atoms with Crippen molar-refractivity contribution in [2.24, 2.45) is 0 Å². The van der Waals surface area contributed by atoms with E-state index in [4.69, 9.17) is 4.42 Å². The van der Waals surface area contributed by atoms with E-state index in [1.807, 2.05) is 24.0 Å². The van der Waals surface area contributed by atoms with Gasteiger partial charge in [-0.2, -0.15) is 11.3 Å². The Labute approximate surface area is 128 Å². The minimum Gasteiger partial charge on any atom is -0.469 e. The molecule has 2 aromatic heterocycles. The van der Waals surface area contributed by atoms with Crippen LogP contribution in [0.3, 0.4) is 0 Å². The summed E-state index contributed by atoms with van der Waals surface area (Å²) in [5, 5.41) is 7.30. The molecule has 1 N–H and O–H groups in total. The Bertz CT molecular complexity index is 565. The van der Waals surface area contributed by atoms with E-state index in [-0.39, 0.29) is 18.1 Å². The maximum atomic E-state index is 12.5. The Hall–Kier alpha value is -1.75. The van der Waals surface area contributed by atoms with Gasteiger partial charge in [0.15, 0.2) is 0 Å². The largest absolute Gasteiger partial charge is 0.469 e. The number of carbonyl (C=O) groups excluding carboxylic acids is 1. The van der Waals surface area contributed by atoms with Gasteiger partial charge >= 0.3 is 6.03 Å². The Morgan fingerprint density at radius 2 is 2.48 bits per heavy atom. The molecule has 2 aromatic rings. The van der Waals surface area contributed by atoms with Gasteiger partial charge in [0, 0.05) is 19.0 Å². The van der Waals surface area contributed by atoms with Gasteiger partial charge in [-0.3, -0.25) is 0 Å². The molecular weight excluding hydrogens is 284 g/mol. The molecular formula is C16H20N2O2S. The van der Waals surface area contributed by atoms with Gasteiger partial charge in [0.05, 0.1) is 12.3 Å². The molecule has 0 radical (unpaired) electrons. The summed E-state index contributed by atoms with van der Waals surface area (Å²) in [5.74, 6) is 0.901. The van der Waals surface area contributed by atoms with E-state index in [9.17, 15) is 4.79 Å². The van der Waals surface area contributed by atoms with Crippen molar-refractivity contribution < 1.29 is 9.21 Å². The molecule has 21 heavy (non-hydrogen) atoms. The van der Waals surface area contributed by atoms with Crippen molar-refractivity contribution >= 4 is 17.4 Å². The van der Waals surface area contributed by atoms with Gasteiger partial charge in [0.2, 0.25) is 0 Å². The summed E-state index contributed by atoms with van der Waals surface area (Å²) >= 11 is 1.69. The van der Waals surface area contributed by atoms with Crippen LogP contribution in [-0.2, 0) is 6.42 Å². The van der Waals surface area contributed by atoms with Crippen LogP contribution in [0.4, 0.5) is 4.79 Å². The number of thiophene rings is 1. The van der Waals surface area contributed by atoms with Gasteiger partial charge < -0.3 is 14.6 Å². The number of urea groups is 1. The third kappa shape index (κ3) is 3.29. The third-order valence-electron chi connectivity index (χ3n) is 3.90. The highest BCUT2D eigenvalue weighted by Crippen LogP contribution is 2.32. The highest BCUT2D eigenvalue weighted by molar-refractivity contribution is 7.07. The Balaban J connectivity index is 1.59. The SMILES string of the molecule is C[C@@H](Cc1ccco1)NC(=O)N1CCC[C@@H]1c1ccsc1. The van der Waals surface area contributed by atoms with E-state index >= 15 is 0 Å². The molecule has 1 aliphatic rings. The predicted octanol–water partition coefficient (Wildman–Crippen LogP) is 3.82. The van der Waals surface area contributed by atoms with Crippen LogP contribution in [0.25, 0.3) is 0 Å². The maximum Gasteiger partial charge on any atom is 0.318 e. The second kappa shape index (κ2) is 6.35. The number of amides is 2. The van der Waals surface area contributed by atoms with Crippen LogP contribution < -0.4 is 5.32 Å². The van der Waals surface area contributed by atoms with Crippen LogP contribution in [0.2, 0.25) is 0 Å². The number of nitrogens with one attached hydrogen (secondary N) is 1. The average molecular weight is 304 g/mol.